The number of hydrogen-bond donors (Lipinski definition) is 1. The highest BCUT2D eigenvalue weighted by Crippen LogP contribution is 2.41. The van der Waals surface area contributed by atoms with E-state index in [0.29, 0.717) is 24.7 Å². The van der Waals surface area contributed by atoms with E-state index < -0.39 is 17.3 Å². The van der Waals surface area contributed by atoms with E-state index in [1.807, 2.05) is 13.8 Å². The van der Waals surface area contributed by atoms with Gasteiger partial charge in [-0.25, -0.2) is 0 Å². The molecule has 3 nitrogen and oxygen atoms in total. The zero-order chi connectivity index (χ0) is 13.4. The summed E-state index contributed by atoms with van der Waals surface area (Å²) in [5.41, 5.74) is -1.55. The molecule has 3 atom stereocenters. The number of ether oxygens (including phenoxy) is 1. The zero-order valence-electron chi connectivity index (χ0n) is 11.9. The number of rotatable bonds is 4. The maximum absolute atomic E-state index is 12.2. The summed E-state index contributed by atoms with van der Waals surface area (Å²) < 4.78 is 5.98. The van der Waals surface area contributed by atoms with Gasteiger partial charge in [0.15, 0.2) is 5.78 Å². The van der Waals surface area contributed by atoms with Crippen LogP contribution in [0.5, 0.6) is 0 Å². The van der Waals surface area contributed by atoms with Crippen LogP contribution in [0.3, 0.4) is 0 Å². The van der Waals surface area contributed by atoms with Crippen molar-refractivity contribution in [3.63, 3.8) is 0 Å². The molecule has 100 valence electrons. The molecular weight excluding hydrogens is 216 g/mol. The quantitative estimate of drug-likeness (QED) is 0.824. The van der Waals surface area contributed by atoms with Crippen LogP contribution in [0.4, 0.5) is 0 Å². The SMILES string of the molecule is CC(C)CC1(C)OC(C)(CC(C)C)C(O)C1=O. The zero-order valence-corrected chi connectivity index (χ0v) is 11.9. The highest BCUT2D eigenvalue weighted by Gasteiger charge is 2.57. The van der Waals surface area contributed by atoms with Crippen molar-refractivity contribution in [2.75, 3.05) is 0 Å². The van der Waals surface area contributed by atoms with E-state index in [9.17, 15) is 9.90 Å². The van der Waals surface area contributed by atoms with E-state index in [1.165, 1.54) is 0 Å². The highest BCUT2D eigenvalue weighted by atomic mass is 16.6. The number of carbonyl (C=O) groups is 1. The number of Topliss-reactive ketones (excluding diaryl/α,β-unsaturated/α-hetero) is 1. The van der Waals surface area contributed by atoms with Crippen LogP contribution in [0.15, 0.2) is 0 Å². The minimum absolute atomic E-state index is 0.158. The summed E-state index contributed by atoms with van der Waals surface area (Å²) in [6.07, 6.45) is 0.373. The Morgan fingerprint density at radius 1 is 1.18 bits per heavy atom. The van der Waals surface area contributed by atoms with Crippen molar-refractivity contribution < 1.29 is 14.6 Å². The fourth-order valence-electron chi connectivity index (χ4n) is 3.07. The minimum atomic E-state index is -0.992. The van der Waals surface area contributed by atoms with Crippen molar-refractivity contribution in [1.29, 1.82) is 0 Å². The Morgan fingerprint density at radius 2 is 1.65 bits per heavy atom. The molecule has 0 radical (unpaired) electrons. The van der Waals surface area contributed by atoms with Gasteiger partial charge in [0, 0.05) is 0 Å². The van der Waals surface area contributed by atoms with E-state index in [4.69, 9.17) is 4.74 Å². The highest BCUT2D eigenvalue weighted by molar-refractivity contribution is 5.93. The maximum atomic E-state index is 12.2. The Hall–Kier alpha value is -0.410. The Labute approximate surface area is 105 Å². The Balaban J connectivity index is 2.92. The van der Waals surface area contributed by atoms with Crippen LogP contribution >= 0.6 is 0 Å². The number of hydrogen-bond acceptors (Lipinski definition) is 3. The Kier molecular flexibility index (Phi) is 4.04. The third-order valence-corrected chi connectivity index (χ3v) is 3.42. The molecule has 0 spiro atoms. The van der Waals surface area contributed by atoms with Gasteiger partial charge >= 0.3 is 0 Å². The van der Waals surface area contributed by atoms with Gasteiger partial charge < -0.3 is 9.84 Å². The molecule has 1 aliphatic heterocycles. The Bertz CT molecular complexity index is 298. The van der Waals surface area contributed by atoms with Crippen molar-refractivity contribution in [1.82, 2.24) is 0 Å². The fraction of sp³-hybridized carbons (Fsp3) is 0.929. The van der Waals surface area contributed by atoms with Crippen molar-refractivity contribution in [2.24, 2.45) is 11.8 Å². The van der Waals surface area contributed by atoms with Gasteiger partial charge in [0.1, 0.15) is 17.3 Å². The first-order valence-corrected chi connectivity index (χ1v) is 6.53. The van der Waals surface area contributed by atoms with E-state index in [0.717, 1.165) is 0 Å². The van der Waals surface area contributed by atoms with Crippen LogP contribution < -0.4 is 0 Å². The molecule has 1 fully saturated rings. The molecule has 0 aromatic heterocycles. The summed E-state index contributed by atoms with van der Waals surface area (Å²) in [5, 5.41) is 10.1. The van der Waals surface area contributed by atoms with Crippen LogP contribution in [-0.4, -0.2) is 28.2 Å². The van der Waals surface area contributed by atoms with E-state index in [1.54, 1.807) is 0 Å². The predicted molar refractivity (Wildman–Crippen MR) is 67.8 cm³/mol. The summed E-state index contributed by atoms with van der Waals surface area (Å²) in [7, 11) is 0. The second-order valence-corrected chi connectivity index (χ2v) is 6.61. The first-order chi connectivity index (χ1) is 7.61. The van der Waals surface area contributed by atoms with Gasteiger partial charge in [-0.1, -0.05) is 27.7 Å². The Morgan fingerprint density at radius 3 is 2.06 bits per heavy atom. The molecule has 3 heteroatoms. The van der Waals surface area contributed by atoms with Crippen LogP contribution in [0.1, 0.15) is 54.4 Å². The molecule has 1 rings (SSSR count). The topological polar surface area (TPSA) is 46.5 Å². The maximum Gasteiger partial charge on any atom is 0.195 e. The summed E-state index contributed by atoms with van der Waals surface area (Å²) >= 11 is 0. The lowest BCUT2D eigenvalue weighted by Gasteiger charge is -2.31. The summed E-state index contributed by atoms with van der Waals surface area (Å²) in [4.78, 5) is 12.2. The molecule has 3 unspecified atom stereocenters. The second kappa shape index (κ2) is 4.69. The third-order valence-electron chi connectivity index (χ3n) is 3.42. The van der Waals surface area contributed by atoms with Gasteiger partial charge in [0.25, 0.3) is 0 Å². The van der Waals surface area contributed by atoms with Gasteiger partial charge in [-0.2, -0.15) is 0 Å². The molecule has 0 amide bonds. The molecule has 0 aromatic rings. The van der Waals surface area contributed by atoms with Crippen molar-refractivity contribution in [3.05, 3.63) is 0 Å². The normalized spacial score (nSPS) is 38.4. The van der Waals surface area contributed by atoms with Crippen LogP contribution in [0.25, 0.3) is 0 Å². The molecule has 0 aliphatic carbocycles. The van der Waals surface area contributed by atoms with Gasteiger partial charge in [0.2, 0.25) is 0 Å². The minimum Gasteiger partial charge on any atom is -0.382 e. The average molecular weight is 242 g/mol. The van der Waals surface area contributed by atoms with Gasteiger partial charge in [-0.05, 0) is 38.5 Å². The summed E-state index contributed by atoms with van der Waals surface area (Å²) in [5.74, 6) is 0.607. The lowest BCUT2D eigenvalue weighted by Crippen LogP contribution is -2.39. The number of ketones is 1. The molecule has 17 heavy (non-hydrogen) atoms. The predicted octanol–water partition coefficient (Wildman–Crippen LogP) is 2.56. The van der Waals surface area contributed by atoms with Gasteiger partial charge in [0.05, 0.1) is 0 Å². The van der Waals surface area contributed by atoms with Crippen LogP contribution in [0.2, 0.25) is 0 Å². The van der Waals surface area contributed by atoms with E-state index >= 15 is 0 Å². The standard InChI is InChI=1S/C14H26O3/c1-9(2)7-13(5)11(15)12(16)14(6,17-13)8-10(3)4/h9-11,15H,7-8H2,1-6H3. The summed E-state index contributed by atoms with van der Waals surface area (Å²) in [6.45, 7) is 11.9. The van der Waals surface area contributed by atoms with Gasteiger partial charge in [-0.15, -0.1) is 0 Å². The lowest BCUT2D eigenvalue weighted by molar-refractivity contribution is -0.140. The number of carbonyl (C=O) groups excluding carboxylic acids is 1. The lowest BCUT2D eigenvalue weighted by atomic mass is 9.85. The molecular formula is C14H26O3. The molecule has 1 N–H and O–H groups in total. The van der Waals surface area contributed by atoms with E-state index in [2.05, 4.69) is 27.7 Å². The molecule has 1 saturated heterocycles. The third kappa shape index (κ3) is 2.89. The molecule has 1 heterocycles. The average Bonchev–Trinajstić information content (AvgIpc) is 2.25. The monoisotopic (exact) mass is 242 g/mol. The van der Waals surface area contributed by atoms with Crippen molar-refractivity contribution >= 4 is 5.78 Å². The van der Waals surface area contributed by atoms with Crippen LogP contribution in [-0.2, 0) is 9.53 Å². The van der Waals surface area contributed by atoms with Crippen molar-refractivity contribution in [3.8, 4) is 0 Å². The molecule has 0 saturated carbocycles. The van der Waals surface area contributed by atoms with Gasteiger partial charge in [-0.3, -0.25) is 4.79 Å². The number of aliphatic hydroxyl groups excluding tert-OH is 1. The molecule has 0 bridgehead atoms. The molecule has 0 aromatic carbocycles. The fourth-order valence-corrected chi connectivity index (χ4v) is 3.07. The van der Waals surface area contributed by atoms with E-state index in [-0.39, 0.29) is 5.78 Å². The first kappa shape index (κ1) is 14.7. The van der Waals surface area contributed by atoms with Crippen molar-refractivity contribution in [2.45, 2.75) is 71.7 Å². The first-order valence-electron chi connectivity index (χ1n) is 6.53. The smallest absolute Gasteiger partial charge is 0.195 e. The number of aliphatic hydroxyl groups is 1. The summed E-state index contributed by atoms with van der Waals surface area (Å²) in [6, 6.07) is 0. The van der Waals surface area contributed by atoms with Crippen LogP contribution in [0, 0.1) is 11.8 Å². The molecule has 1 aliphatic rings. The largest absolute Gasteiger partial charge is 0.382 e. The second-order valence-electron chi connectivity index (χ2n) is 6.61.